The van der Waals surface area contributed by atoms with Gasteiger partial charge in [0.1, 0.15) is 17.8 Å². The van der Waals surface area contributed by atoms with E-state index in [1.165, 1.54) is 0 Å². The van der Waals surface area contributed by atoms with E-state index in [0.717, 1.165) is 33.8 Å². The van der Waals surface area contributed by atoms with Crippen molar-refractivity contribution >= 4 is 11.9 Å². The maximum atomic E-state index is 13.2. The second-order valence-corrected chi connectivity index (χ2v) is 7.12. The maximum absolute atomic E-state index is 13.2. The fourth-order valence-electron chi connectivity index (χ4n) is 4.04. The minimum Gasteiger partial charge on any atom is -0.497 e. The van der Waals surface area contributed by atoms with E-state index in [1.807, 2.05) is 36.4 Å². The lowest BCUT2D eigenvalue weighted by atomic mass is 9.92. The van der Waals surface area contributed by atoms with Gasteiger partial charge in [-0.05, 0) is 48.2 Å². The van der Waals surface area contributed by atoms with Gasteiger partial charge in [0.25, 0.3) is 5.91 Å². The highest BCUT2D eigenvalue weighted by Crippen LogP contribution is 2.41. The molecule has 5 rings (SSSR count). The van der Waals surface area contributed by atoms with Gasteiger partial charge in [0, 0.05) is 5.56 Å². The van der Waals surface area contributed by atoms with Crippen LogP contribution in [-0.4, -0.2) is 34.1 Å². The molecule has 3 aromatic rings. The number of nitrogens with zero attached hydrogens (tertiary/aromatic N) is 3. The molecule has 0 unspecified atom stereocenters. The van der Waals surface area contributed by atoms with Crippen LogP contribution in [0.25, 0.3) is 11.4 Å². The molecular weight excluding hydrogens is 372 g/mol. The summed E-state index contributed by atoms with van der Waals surface area (Å²) in [6.07, 6.45) is 1.30. The first kappa shape index (κ1) is 17.4. The number of imide groups is 1. The minimum absolute atomic E-state index is 0.0717. The molecule has 0 radical (unpaired) electrons. The Labute approximate surface area is 166 Å². The summed E-state index contributed by atoms with van der Waals surface area (Å²) < 4.78 is 10.4. The first-order valence-corrected chi connectivity index (χ1v) is 9.30. The number of rotatable bonds is 4. The maximum Gasteiger partial charge on any atom is 0.325 e. The Morgan fingerprint density at radius 2 is 1.97 bits per heavy atom. The fraction of sp³-hybridized carbons (Fsp3) is 0.238. The van der Waals surface area contributed by atoms with E-state index >= 15 is 0 Å². The van der Waals surface area contributed by atoms with Crippen LogP contribution in [0.3, 0.4) is 0 Å². The normalized spacial score (nSPS) is 20.2. The van der Waals surface area contributed by atoms with Gasteiger partial charge in [-0.3, -0.25) is 9.69 Å². The molecule has 1 spiro atoms. The van der Waals surface area contributed by atoms with Crippen LogP contribution >= 0.6 is 0 Å². The zero-order valence-corrected chi connectivity index (χ0v) is 15.7. The van der Waals surface area contributed by atoms with Gasteiger partial charge < -0.3 is 14.6 Å². The van der Waals surface area contributed by atoms with Gasteiger partial charge in [-0.1, -0.05) is 29.4 Å². The van der Waals surface area contributed by atoms with Crippen molar-refractivity contribution < 1.29 is 18.8 Å². The van der Waals surface area contributed by atoms with Gasteiger partial charge in [-0.15, -0.1) is 0 Å². The summed E-state index contributed by atoms with van der Waals surface area (Å²) in [5.41, 5.74) is 1.71. The summed E-state index contributed by atoms with van der Waals surface area (Å²) in [6.45, 7) is -0.0717. The summed E-state index contributed by atoms with van der Waals surface area (Å²) >= 11 is 0. The van der Waals surface area contributed by atoms with Crippen LogP contribution < -0.4 is 10.1 Å². The van der Waals surface area contributed by atoms with E-state index in [1.54, 1.807) is 19.2 Å². The zero-order valence-electron chi connectivity index (χ0n) is 15.7. The quantitative estimate of drug-likeness (QED) is 0.688. The number of fused-ring (bicyclic) bond motifs is 2. The number of methoxy groups -OCH3 is 1. The van der Waals surface area contributed by atoms with E-state index < -0.39 is 11.6 Å². The first-order chi connectivity index (χ1) is 14.1. The molecule has 1 saturated heterocycles. The van der Waals surface area contributed by atoms with E-state index in [4.69, 9.17) is 9.26 Å². The molecule has 1 atom stereocenters. The Hall–Kier alpha value is -3.68. The Bertz CT molecular complexity index is 1110. The van der Waals surface area contributed by atoms with E-state index in [0.29, 0.717) is 12.2 Å². The number of aryl methyl sites for hydroxylation is 1. The number of nitrogens with one attached hydrogen (secondary N) is 1. The number of hydrogen-bond donors (Lipinski definition) is 1. The summed E-state index contributed by atoms with van der Waals surface area (Å²) in [4.78, 5) is 31.3. The molecule has 0 saturated carbocycles. The van der Waals surface area contributed by atoms with E-state index in [2.05, 4.69) is 15.5 Å². The van der Waals surface area contributed by atoms with Gasteiger partial charge in [-0.2, -0.15) is 4.98 Å². The molecule has 1 aliphatic heterocycles. The average Bonchev–Trinajstić information content (AvgIpc) is 3.43. The van der Waals surface area contributed by atoms with Crippen LogP contribution in [-0.2, 0) is 23.3 Å². The predicted octanol–water partition coefficient (Wildman–Crippen LogP) is 2.64. The van der Waals surface area contributed by atoms with Crippen LogP contribution in [0.1, 0.15) is 23.4 Å². The molecular formula is C21H18N4O4. The second-order valence-electron chi connectivity index (χ2n) is 7.12. The monoisotopic (exact) mass is 390 g/mol. The lowest BCUT2D eigenvalue weighted by Gasteiger charge is -2.21. The Kier molecular flexibility index (Phi) is 3.87. The summed E-state index contributed by atoms with van der Waals surface area (Å²) in [5.74, 6) is 1.02. The Balaban J connectivity index is 1.38. The average molecular weight is 390 g/mol. The SMILES string of the molecule is COc1ccc(-c2noc(CN3C(=O)N[C@@]4(CCc5ccccc54)C3=O)n2)cc1. The van der Waals surface area contributed by atoms with Crippen molar-refractivity contribution in [3.05, 3.63) is 65.5 Å². The van der Waals surface area contributed by atoms with Crippen LogP contribution in [0, 0.1) is 0 Å². The summed E-state index contributed by atoms with van der Waals surface area (Å²) in [5, 5.41) is 6.85. The third-order valence-electron chi connectivity index (χ3n) is 5.53. The minimum atomic E-state index is -0.994. The molecule has 2 heterocycles. The van der Waals surface area contributed by atoms with Crippen LogP contribution in [0.15, 0.2) is 53.1 Å². The number of benzene rings is 2. The van der Waals surface area contributed by atoms with E-state index in [-0.39, 0.29) is 18.3 Å². The summed E-state index contributed by atoms with van der Waals surface area (Å²) in [7, 11) is 1.59. The van der Waals surface area contributed by atoms with Crippen LogP contribution in [0.4, 0.5) is 4.79 Å². The molecule has 29 heavy (non-hydrogen) atoms. The highest BCUT2D eigenvalue weighted by Gasteiger charge is 2.55. The molecule has 1 aromatic heterocycles. The van der Waals surface area contributed by atoms with Crippen LogP contribution in [0.5, 0.6) is 5.75 Å². The highest BCUT2D eigenvalue weighted by atomic mass is 16.5. The number of hydrogen-bond acceptors (Lipinski definition) is 6. The summed E-state index contributed by atoms with van der Waals surface area (Å²) in [6, 6.07) is 14.5. The molecule has 1 aliphatic carbocycles. The molecule has 3 amide bonds. The number of urea groups is 1. The van der Waals surface area contributed by atoms with E-state index in [9.17, 15) is 9.59 Å². The Morgan fingerprint density at radius 3 is 2.76 bits per heavy atom. The standard InChI is InChI=1S/C21H18N4O4/c1-28-15-8-6-14(7-9-15)18-22-17(29-24-18)12-25-19(26)21(23-20(25)27)11-10-13-4-2-3-5-16(13)21/h2-9H,10-12H2,1H3,(H,23,27)/t21-/m1/s1. The number of carbonyl (C=O) groups excluding carboxylic acids is 2. The Morgan fingerprint density at radius 1 is 1.17 bits per heavy atom. The van der Waals surface area contributed by atoms with Crippen molar-refractivity contribution in [1.29, 1.82) is 0 Å². The third-order valence-corrected chi connectivity index (χ3v) is 5.53. The van der Waals surface area contributed by atoms with Gasteiger partial charge in [0.15, 0.2) is 0 Å². The fourth-order valence-corrected chi connectivity index (χ4v) is 4.04. The number of amides is 3. The lowest BCUT2D eigenvalue weighted by Crippen LogP contribution is -2.41. The molecule has 2 aromatic carbocycles. The topological polar surface area (TPSA) is 97.6 Å². The van der Waals surface area contributed by atoms with Crippen molar-refractivity contribution in [3.8, 4) is 17.1 Å². The molecule has 0 bridgehead atoms. The van der Waals surface area contributed by atoms with Crippen molar-refractivity contribution in [2.24, 2.45) is 0 Å². The third kappa shape index (κ3) is 2.67. The zero-order chi connectivity index (χ0) is 20.0. The molecule has 8 heteroatoms. The number of carbonyl (C=O) groups is 2. The molecule has 1 fully saturated rings. The lowest BCUT2D eigenvalue weighted by molar-refractivity contribution is -0.132. The molecule has 146 valence electrons. The van der Waals surface area contributed by atoms with Crippen molar-refractivity contribution in [1.82, 2.24) is 20.4 Å². The van der Waals surface area contributed by atoms with Gasteiger partial charge in [-0.25, -0.2) is 4.79 Å². The van der Waals surface area contributed by atoms with Gasteiger partial charge in [0.2, 0.25) is 11.7 Å². The van der Waals surface area contributed by atoms with Gasteiger partial charge in [0.05, 0.1) is 7.11 Å². The largest absolute Gasteiger partial charge is 0.497 e. The molecule has 8 nitrogen and oxygen atoms in total. The van der Waals surface area contributed by atoms with Gasteiger partial charge >= 0.3 is 6.03 Å². The van der Waals surface area contributed by atoms with Crippen molar-refractivity contribution in [2.45, 2.75) is 24.9 Å². The van der Waals surface area contributed by atoms with Crippen molar-refractivity contribution in [3.63, 3.8) is 0 Å². The molecule has 1 N–H and O–H groups in total. The van der Waals surface area contributed by atoms with Crippen molar-refractivity contribution in [2.75, 3.05) is 7.11 Å². The first-order valence-electron chi connectivity index (χ1n) is 9.30. The molecule has 2 aliphatic rings. The smallest absolute Gasteiger partial charge is 0.325 e. The van der Waals surface area contributed by atoms with Crippen LogP contribution in [0.2, 0.25) is 0 Å². The predicted molar refractivity (Wildman–Crippen MR) is 102 cm³/mol. The second kappa shape index (κ2) is 6.44. The highest BCUT2D eigenvalue weighted by molar-refractivity contribution is 6.08. The number of aromatic nitrogens is 2. The number of ether oxygens (including phenoxy) is 1.